The van der Waals surface area contributed by atoms with Gasteiger partial charge in [-0.15, -0.1) is 0 Å². The SMILES string of the molecule is COC(=O)c1ccc(NC(=O)COC(=O)COc2ccccc2C(C)C)cc1. The summed E-state index contributed by atoms with van der Waals surface area (Å²) in [5.74, 6) is -0.740. The van der Waals surface area contributed by atoms with Gasteiger partial charge in [-0.2, -0.15) is 0 Å². The van der Waals surface area contributed by atoms with Gasteiger partial charge in [0.05, 0.1) is 12.7 Å². The Bertz CT molecular complexity index is 829. The predicted octanol–water partition coefficient (Wildman–Crippen LogP) is 3.16. The second kappa shape index (κ2) is 10.1. The van der Waals surface area contributed by atoms with Crippen LogP contribution in [-0.2, 0) is 19.1 Å². The lowest BCUT2D eigenvalue weighted by molar-refractivity contribution is -0.149. The molecule has 0 heterocycles. The molecule has 2 aromatic rings. The molecule has 0 radical (unpaired) electrons. The van der Waals surface area contributed by atoms with E-state index in [1.54, 1.807) is 18.2 Å². The average molecular weight is 385 g/mol. The first-order valence-electron chi connectivity index (χ1n) is 8.76. The zero-order valence-corrected chi connectivity index (χ0v) is 16.1. The smallest absolute Gasteiger partial charge is 0.344 e. The van der Waals surface area contributed by atoms with E-state index in [1.165, 1.54) is 19.2 Å². The van der Waals surface area contributed by atoms with Crippen LogP contribution in [-0.4, -0.2) is 38.2 Å². The van der Waals surface area contributed by atoms with Gasteiger partial charge in [-0.3, -0.25) is 4.79 Å². The van der Waals surface area contributed by atoms with Gasteiger partial charge in [0, 0.05) is 5.69 Å². The first kappa shape index (κ1) is 21.0. The molecule has 0 unspecified atom stereocenters. The van der Waals surface area contributed by atoms with Crippen molar-refractivity contribution in [3.8, 4) is 5.75 Å². The van der Waals surface area contributed by atoms with Gasteiger partial charge in [-0.25, -0.2) is 9.59 Å². The Morgan fingerprint density at radius 3 is 2.29 bits per heavy atom. The molecule has 2 aromatic carbocycles. The summed E-state index contributed by atoms with van der Waals surface area (Å²) < 4.78 is 15.0. The first-order chi connectivity index (χ1) is 13.4. The van der Waals surface area contributed by atoms with E-state index in [9.17, 15) is 14.4 Å². The van der Waals surface area contributed by atoms with E-state index < -0.39 is 24.5 Å². The molecule has 0 saturated carbocycles. The number of amides is 1. The van der Waals surface area contributed by atoms with Gasteiger partial charge in [0.15, 0.2) is 13.2 Å². The fourth-order valence-corrected chi connectivity index (χ4v) is 2.42. The van der Waals surface area contributed by atoms with Gasteiger partial charge in [-0.05, 0) is 41.8 Å². The van der Waals surface area contributed by atoms with Crippen molar-refractivity contribution in [1.82, 2.24) is 0 Å². The van der Waals surface area contributed by atoms with Crippen molar-refractivity contribution < 1.29 is 28.6 Å². The van der Waals surface area contributed by atoms with Crippen LogP contribution in [0.25, 0.3) is 0 Å². The third-order valence-corrected chi connectivity index (χ3v) is 3.84. The van der Waals surface area contributed by atoms with Crippen LogP contribution in [0.1, 0.15) is 35.7 Å². The summed E-state index contributed by atoms with van der Waals surface area (Å²) in [4.78, 5) is 35.1. The zero-order chi connectivity index (χ0) is 20.5. The van der Waals surface area contributed by atoms with Crippen LogP contribution in [0.15, 0.2) is 48.5 Å². The third-order valence-electron chi connectivity index (χ3n) is 3.84. The maximum atomic E-state index is 11.9. The van der Waals surface area contributed by atoms with E-state index in [0.29, 0.717) is 17.0 Å². The van der Waals surface area contributed by atoms with Crippen molar-refractivity contribution in [2.24, 2.45) is 0 Å². The van der Waals surface area contributed by atoms with Gasteiger partial charge in [-0.1, -0.05) is 32.0 Å². The fraction of sp³-hybridized carbons (Fsp3) is 0.286. The Morgan fingerprint density at radius 1 is 0.964 bits per heavy atom. The Labute approximate surface area is 163 Å². The molecule has 7 heteroatoms. The van der Waals surface area contributed by atoms with Crippen molar-refractivity contribution in [2.75, 3.05) is 25.6 Å². The van der Waals surface area contributed by atoms with E-state index >= 15 is 0 Å². The minimum atomic E-state index is -0.644. The molecule has 0 aliphatic heterocycles. The standard InChI is InChI=1S/C21H23NO6/c1-14(2)17-6-4-5-7-18(17)27-13-20(24)28-12-19(23)22-16-10-8-15(9-11-16)21(25)26-3/h4-11,14H,12-13H2,1-3H3,(H,22,23). The second-order valence-corrected chi connectivity index (χ2v) is 6.26. The number of anilines is 1. The highest BCUT2D eigenvalue weighted by atomic mass is 16.6. The highest BCUT2D eigenvalue weighted by Crippen LogP contribution is 2.25. The van der Waals surface area contributed by atoms with E-state index in [1.807, 2.05) is 32.0 Å². The Kier molecular flexibility index (Phi) is 7.56. The van der Waals surface area contributed by atoms with E-state index in [4.69, 9.17) is 9.47 Å². The molecule has 1 amide bonds. The largest absolute Gasteiger partial charge is 0.482 e. The second-order valence-electron chi connectivity index (χ2n) is 6.26. The van der Waals surface area contributed by atoms with Crippen molar-refractivity contribution in [3.05, 3.63) is 59.7 Å². The predicted molar refractivity (Wildman–Crippen MR) is 103 cm³/mol. The molecule has 2 rings (SSSR count). The lowest BCUT2D eigenvalue weighted by atomic mass is 10.0. The van der Waals surface area contributed by atoms with E-state index in [0.717, 1.165) is 5.56 Å². The number of methoxy groups -OCH3 is 1. The number of benzene rings is 2. The molecule has 0 saturated heterocycles. The van der Waals surface area contributed by atoms with E-state index in [-0.39, 0.29) is 12.5 Å². The number of rotatable bonds is 8. The summed E-state index contributed by atoms with van der Waals surface area (Å²) >= 11 is 0. The summed E-state index contributed by atoms with van der Waals surface area (Å²) in [5.41, 5.74) is 1.82. The maximum Gasteiger partial charge on any atom is 0.344 e. The molecular weight excluding hydrogens is 362 g/mol. The molecule has 0 spiro atoms. The van der Waals surface area contributed by atoms with E-state index in [2.05, 4.69) is 10.1 Å². The molecule has 7 nitrogen and oxygen atoms in total. The van der Waals surface area contributed by atoms with Crippen LogP contribution < -0.4 is 10.1 Å². The van der Waals surface area contributed by atoms with Gasteiger partial charge in [0.2, 0.25) is 0 Å². The fourth-order valence-electron chi connectivity index (χ4n) is 2.42. The highest BCUT2D eigenvalue weighted by molar-refractivity contribution is 5.94. The number of hydrogen-bond acceptors (Lipinski definition) is 6. The number of esters is 2. The molecule has 0 atom stereocenters. The highest BCUT2D eigenvalue weighted by Gasteiger charge is 2.12. The normalized spacial score (nSPS) is 10.3. The van der Waals surface area contributed by atoms with Crippen LogP contribution >= 0.6 is 0 Å². The monoisotopic (exact) mass is 385 g/mol. The Balaban J connectivity index is 1.78. The molecule has 0 bridgehead atoms. The summed E-state index contributed by atoms with van der Waals surface area (Å²) in [6.07, 6.45) is 0. The van der Waals surface area contributed by atoms with Crippen LogP contribution in [0.5, 0.6) is 5.75 Å². The number of ether oxygens (including phenoxy) is 3. The average Bonchev–Trinajstić information content (AvgIpc) is 2.70. The number of hydrogen-bond donors (Lipinski definition) is 1. The quantitative estimate of drug-likeness (QED) is 0.702. The van der Waals surface area contributed by atoms with Crippen LogP contribution in [0.3, 0.4) is 0 Å². The summed E-state index contributed by atoms with van der Waals surface area (Å²) in [6, 6.07) is 13.6. The van der Waals surface area contributed by atoms with Crippen molar-refractivity contribution in [3.63, 3.8) is 0 Å². The molecule has 0 fully saturated rings. The number of carbonyl (C=O) groups excluding carboxylic acids is 3. The zero-order valence-electron chi connectivity index (χ0n) is 16.1. The number of carbonyl (C=O) groups is 3. The van der Waals surface area contributed by atoms with Crippen LogP contribution in [0.4, 0.5) is 5.69 Å². The lowest BCUT2D eigenvalue weighted by Crippen LogP contribution is -2.23. The summed E-state index contributed by atoms with van der Waals surface area (Å²) in [6.45, 7) is 3.34. The van der Waals surface area contributed by atoms with Gasteiger partial charge >= 0.3 is 11.9 Å². The molecule has 0 aromatic heterocycles. The first-order valence-corrected chi connectivity index (χ1v) is 8.76. The molecule has 0 aliphatic carbocycles. The van der Waals surface area contributed by atoms with Crippen molar-refractivity contribution in [1.29, 1.82) is 0 Å². The van der Waals surface area contributed by atoms with Gasteiger partial charge in [0.1, 0.15) is 5.75 Å². The number of para-hydroxylation sites is 1. The molecule has 28 heavy (non-hydrogen) atoms. The van der Waals surface area contributed by atoms with Gasteiger partial charge in [0.25, 0.3) is 5.91 Å². The molecule has 0 aliphatic rings. The minimum Gasteiger partial charge on any atom is -0.482 e. The summed E-state index contributed by atoms with van der Waals surface area (Å²) in [5, 5.41) is 2.57. The third kappa shape index (κ3) is 6.12. The van der Waals surface area contributed by atoms with Crippen LogP contribution in [0, 0.1) is 0 Å². The minimum absolute atomic E-state index is 0.253. The molecule has 1 N–H and O–H groups in total. The topological polar surface area (TPSA) is 90.9 Å². The maximum absolute atomic E-state index is 11.9. The van der Waals surface area contributed by atoms with Gasteiger partial charge < -0.3 is 19.5 Å². The summed E-state index contributed by atoms with van der Waals surface area (Å²) in [7, 11) is 1.29. The molecular formula is C21H23NO6. The Hall–Kier alpha value is -3.35. The van der Waals surface area contributed by atoms with Crippen LogP contribution in [0.2, 0.25) is 0 Å². The van der Waals surface area contributed by atoms with Crippen molar-refractivity contribution >= 4 is 23.5 Å². The molecule has 148 valence electrons. The van der Waals surface area contributed by atoms with Crippen molar-refractivity contribution in [2.45, 2.75) is 19.8 Å². The Morgan fingerprint density at radius 2 is 1.64 bits per heavy atom. The lowest BCUT2D eigenvalue weighted by Gasteiger charge is -2.13. The number of nitrogens with one attached hydrogen (secondary N) is 1.